The van der Waals surface area contributed by atoms with E-state index in [1.165, 1.54) is 142 Å². The van der Waals surface area contributed by atoms with Crippen LogP contribution in [0.25, 0.3) is 0 Å². The molecule has 48 heavy (non-hydrogen) atoms. The van der Waals surface area contributed by atoms with Crippen LogP contribution in [0.5, 0.6) is 0 Å². The molecule has 1 rings (SSSR count). The molecular weight excluding hydrogens is 610 g/mol. The number of rotatable bonds is 32. The maximum atomic E-state index is 12.6. The van der Waals surface area contributed by atoms with Crippen molar-refractivity contribution >= 4 is 5.91 Å². The summed E-state index contributed by atoms with van der Waals surface area (Å²) in [4.78, 5) is 12.6. The number of hydrogen-bond donors (Lipinski definition) is 7. The molecule has 0 aromatic rings. The fourth-order valence-corrected chi connectivity index (χ4v) is 6.95. The highest BCUT2D eigenvalue weighted by molar-refractivity contribution is 5.76. The summed E-state index contributed by atoms with van der Waals surface area (Å²) in [6.07, 6.45) is 24.0. The van der Waals surface area contributed by atoms with Crippen LogP contribution in [0.2, 0.25) is 0 Å². The van der Waals surface area contributed by atoms with E-state index in [4.69, 9.17) is 4.74 Å². The Labute approximate surface area is 293 Å². The van der Waals surface area contributed by atoms with Gasteiger partial charge in [0, 0.05) is 6.42 Å². The SMILES string of the molecule is CCCCCCCCCCCCCCCCCCCCCCCCCCC(=O)N[C@@H](CC[C@H]1OC(CO)[C@H](O)[C@H](O)C1O)[C@H](O)[C@@H](C)O. The van der Waals surface area contributed by atoms with E-state index in [1.54, 1.807) is 0 Å². The van der Waals surface area contributed by atoms with E-state index in [-0.39, 0.29) is 18.7 Å². The first-order chi connectivity index (χ1) is 23.2. The van der Waals surface area contributed by atoms with Crippen LogP contribution in [-0.4, -0.2) is 91.9 Å². The van der Waals surface area contributed by atoms with Crippen molar-refractivity contribution in [2.45, 2.75) is 236 Å². The van der Waals surface area contributed by atoms with E-state index in [0.717, 1.165) is 19.3 Å². The summed E-state index contributed by atoms with van der Waals surface area (Å²) in [5.41, 5.74) is 0. The van der Waals surface area contributed by atoms with E-state index < -0.39 is 55.4 Å². The van der Waals surface area contributed by atoms with Crippen molar-refractivity contribution in [3.05, 3.63) is 0 Å². The smallest absolute Gasteiger partial charge is 0.220 e. The predicted molar refractivity (Wildman–Crippen MR) is 194 cm³/mol. The maximum Gasteiger partial charge on any atom is 0.220 e. The Balaban J connectivity index is 2.00. The van der Waals surface area contributed by atoms with Crippen LogP contribution < -0.4 is 5.32 Å². The van der Waals surface area contributed by atoms with Crippen LogP contribution in [0.1, 0.15) is 187 Å². The van der Waals surface area contributed by atoms with Gasteiger partial charge in [-0.1, -0.05) is 155 Å². The van der Waals surface area contributed by atoms with Crippen molar-refractivity contribution < 1.29 is 40.2 Å². The molecule has 7 N–H and O–H groups in total. The Kier molecular flexibility index (Phi) is 28.1. The second-order valence-electron chi connectivity index (χ2n) is 14.7. The van der Waals surface area contributed by atoms with Gasteiger partial charge in [-0.3, -0.25) is 4.79 Å². The van der Waals surface area contributed by atoms with Gasteiger partial charge >= 0.3 is 0 Å². The van der Waals surface area contributed by atoms with Crippen molar-refractivity contribution in [2.75, 3.05) is 6.61 Å². The van der Waals surface area contributed by atoms with Gasteiger partial charge in [0.25, 0.3) is 0 Å². The molecular formula is C39H77NO8. The number of unbranched alkanes of at least 4 members (excludes halogenated alkanes) is 23. The van der Waals surface area contributed by atoms with Crippen LogP contribution >= 0.6 is 0 Å². The van der Waals surface area contributed by atoms with E-state index in [9.17, 15) is 35.4 Å². The molecule has 1 aliphatic rings. The van der Waals surface area contributed by atoms with Gasteiger partial charge in [-0.25, -0.2) is 0 Å². The number of ether oxygens (including phenoxy) is 1. The highest BCUT2D eigenvalue weighted by atomic mass is 16.5. The lowest BCUT2D eigenvalue weighted by Gasteiger charge is -2.40. The summed E-state index contributed by atoms with van der Waals surface area (Å²) in [5, 5.41) is 62.9. The molecule has 0 spiro atoms. The minimum absolute atomic E-state index is 0.148. The van der Waals surface area contributed by atoms with Crippen molar-refractivity contribution in [3.8, 4) is 0 Å². The molecule has 8 atom stereocenters. The zero-order chi connectivity index (χ0) is 35.4. The van der Waals surface area contributed by atoms with Crippen LogP contribution in [0, 0.1) is 0 Å². The van der Waals surface area contributed by atoms with E-state index in [2.05, 4.69) is 12.2 Å². The molecule has 1 fully saturated rings. The lowest BCUT2D eigenvalue weighted by atomic mass is 9.90. The molecule has 2 unspecified atom stereocenters. The van der Waals surface area contributed by atoms with Crippen molar-refractivity contribution in [1.82, 2.24) is 5.32 Å². The van der Waals surface area contributed by atoms with Gasteiger partial charge in [-0.15, -0.1) is 0 Å². The average Bonchev–Trinajstić information content (AvgIpc) is 3.07. The number of aliphatic hydroxyl groups is 6. The third-order valence-electron chi connectivity index (χ3n) is 10.3. The summed E-state index contributed by atoms with van der Waals surface area (Å²) in [6.45, 7) is 3.21. The maximum absolute atomic E-state index is 12.6. The van der Waals surface area contributed by atoms with Gasteiger partial charge in [0.15, 0.2) is 0 Å². The first kappa shape index (κ1) is 45.2. The number of aliphatic hydroxyl groups excluding tert-OH is 6. The summed E-state index contributed by atoms with van der Waals surface area (Å²) >= 11 is 0. The van der Waals surface area contributed by atoms with E-state index >= 15 is 0 Å². The first-order valence-electron chi connectivity index (χ1n) is 20.2. The largest absolute Gasteiger partial charge is 0.394 e. The Bertz CT molecular complexity index is 739. The van der Waals surface area contributed by atoms with Gasteiger partial charge < -0.3 is 40.7 Å². The second-order valence-corrected chi connectivity index (χ2v) is 14.7. The van der Waals surface area contributed by atoms with Crippen LogP contribution in [0.3, 0.4) is 0 Å². The fourth-order valence-electron chi connectivity index (χ4n) is 6.95. The fraction of sp³-hybridized carbons (Fsp3) is 0.974. The van der Waals surface area contributed by atoms with Crippen LogP contribution in [0.15, 0.2) is 0 Å². The molecule has 9 nitrogen and oxygen atoms in total. The lowest BCUT2D eigenvalue weighted by Crippen LogP contribution is -2.58. The first-order valence-corrected chi connectivity index (χ1v) is 20.2. The second kappa shape index (κ2) is 29.9. The number of carbonyl (C=O) groups excluding carboxylic acids is 1. The molecule has 0 aromatic heterocycles. The quantitative estimate of drug-likeness (QED) is 0.0389. The van der Waals surface area contributed by atoms with Gasteiger partial charge in [0.1, 0.15) is 24.4 Å². The zero-order valence-corrected chi connectivity index (χ0v) is 30.9. The Morgan fingerprint density at radius 1 is 0.604 bits per heavy atom. The summed E-state index contributed by atoms with van der Waals surface area (Å²) in [5.74, 6) is -0.202. The molecule has 1 amide bonds. The molecule has 0 aliphatic carbocycles. The Hall–Kier alpha value is -0.810. The van der Waals surface area contributed by atoms with Gasteiger partial charge in [0.05, 0.1) is 31.0 Å². The predicted octanol–water partition coefficient (Wildman–Crippen LogP) is 6.61. The van der Waals surface area contributed by atoms with Crippen molar-refractivity contribution in [1.29, 1.82) is 0 Å². The van der Waals surface area contributed by atoms with Gasteiger partial charge in [-0.2, -0.15) is 0 Å². The zero-order valence-electron chi connectivity index (χ0n) is 30.9. The number of carbonyl (C=O) groups is 1. The van der Waals surface area contributed by atoms with Gasteiger partial charge in [-0.05, 0) is 26.2 Å². The number of hydrogen-bond acceptors (Lipinski definition) is 8. The Morgan fingerprint density at radius 2 is 0.979 bits per heavy atom. The highest BCUT2D eigenvalue weighted by Crippen LogP contribution is 2.25. The van der Waals surface area contributed by atoms with Crippen LogP contribution in [0.4, 0.5) is 0 Å². The number of amides is 1. The standard InChI is InChI=1S/C39H77NO8/c1-3-4-5-6-7-8-9-10-11-12-13-14-15-16-17-18-19-20-21-22-23-24-25-26-27-35(43)40-32(36(44)31(2)42)28-29-33-37(45)39(47)38(46)34(30-41)48-33/h31-34,36-39,41-42,44-47H,3-30H2,1-2H3,(H,40,43)/t31-,32+,33-,34?,36-,37?,38+,39-/m1/s1. The monoisotopic (exact) mass is 688 g/mol. The third kappa shape index (κ3) is 21.4. The van der Waals surface area contributed by atoms with Gasteiger partial charge in [0.2, 0.25) is 5.91 Å². The van der Waals surface area contributed by atoms with Crippen LogP contribution in [-0.2, 0) is 9.53 Å². The minimum Gasteiger partial charge on any atom is -0.394 e. The number of nitrogens with one attached hydrogen (secondary N) is 1. The van der Waals surface area contributed by atoms with E-state index in [1.807, 2.05) is 0 Å². The minimum atomic E-state index is -1.47. The molecule has 1 saturated heterocycles. The molecule has 0 bridgehead atoms. The molecule has 1 heterocycles. The topological polar surface area (TPSA) is 160 Å². The molecule has 9 heteroatoms. The molecule has 0 aromatic carbocycles. The summed E-state index contributed by atoms with van der Waals surface area (Å²) < 4.78 is 5.54. The summed E-state index contributed by atoms with van der Waals surface area (Å²) in [7, 11) is 0. The summed E-state index contributed by atoms with van der Waals surface area (Å²) in [6, 6.07) is -0.765. The average molecular weight is 688 g/mol. The van der Waals surface area contributed by atoms with Crippen molar-refractivity contribution in [3.63, 3.8) is 0 Å². The normalized spacial score (nSPS) is 23.2. The molecule has 0 saturated carbocycles. The van der Waals surface area contributed by atoms with Crippen molar-refractivity contribution in [2.24, 2.45) is 0 Å². The van der Waals surface area contributed by atoms with E-state index in [0.29, 0.717) is 6.42 Å². The third-order valence-corrected chi connectivity index (χ3v) is 10.3. The highest BCUT2D eigenvalue weighted by Gasteiger charge is 2.43. The molecule has 286 valence electrons. The molecule has 0 radical (unpaired) electrons. The molecule has 1 aliphatic heterocycles. The lowest BCUT2D eigenvalue weighted by molar-refractivity contribution is -0.231. The Morgan fingerprint density at radius 3 is 1.35 bits per heavy atom.